The Balaban J connectivity index is 2.51. The van der Waals surface area contributed by atoms with Crippen LogP contribution < -0.4 is 5.32 Å². The van der Waals surface area contributed by atoms with Crippen LogP contribution in [0.4, 0.5) is 0 Å². The van der Waals surface area contributed by atoms with Gasteiger partial charge in [0.1, 0.15) is 0 Å². The zero-order valence-electron chi connectivity index (χ0n) is 11.9. The molecule has 1 aromatic carbocycles. The van der Waals surface area contributed by atoms with Gasteiger partial charge < -0.3 is 5.32 Å². The van der Waals surface area contributed by atoms with Gasteiger partial charge in [0.2, 0.25) is 0 Å². The molecule has 1 N–H and O–H groups in total. The molecule has 1 rings (SSSR count). The highest BCUT2D eigenvalue weighted by atomic mass is 32.2. The summed E-state index contributed by atoms with van der Waals surface area (Å²) in [7, 11) is -0.869. The van der Waals surface area contributed by atoms with Gasteiger partial charge in [-0.25, -0.2) is 0 Å². The van der Waals surface area contributed by atoms with Gasteiger partial charge in [-0.3, -0.25) is 4.21 Å². The molecule has 0 radical (unpaired) electrons. The zero-order chi connectivity index (χ0) is 13.5. The minimum absolute atomic E-state index is 0.439. The molecule has 2 nitrogen and oxygen atoms in total. The van der Waals surface area contributed by atoms with Crippen molar-refractivity contribution in [2.24, 2.45) is 0 Å². The SMILES string of the molecule is CCNC(C)CCS(=O)c1ccc(C(C)C)cc1. The maximum atomic E-state index is 12.1. The number of benzene rings is 1. The van der Waals surface area contributed by atoms with E-state index in [2.05, 4.69) is 45.1 Å². The second-order valence-corrected chi connectivity index (χ2v) is 6.59. The molecule has 18 heavy (non-hydrogen) atoms. The molecule has 2 atom stereocenters. The van der Waals surface area contributed by atoms with Gasteiger partial charge in [0.15, 0.2) is 0 Å². The van der Waals surface area contributed by atoms with Crippen molar-refractivity contribution in [3.8, 4) is 0 Å². The molecule has 0 bridgehead atoms. The maximum absolute atomic E-state index is 12.1. The molecule has 0 aliphatic heterocycles. The Bertz CT molecular complexity index is 373. The minimum atomic E-state index is -0.869. The van der Waals surface area contributed by atoms with E-state index < -0.39 is 10.8 Å². The summed E-state index contributed by atoms with van der Waals surface area (Å²) in [4.78, 5) is 0.947. The van der Waals surface area contributed by atoms with E-state index in [1.54, 1.807) is 0 Å². The van der Waals surface area contributed by atoms with Crippen molar-refractivity contribution in [1.29, 1.82) is 0 Å². The van der Waals surface area contributed by atoms with Crippen LogP contribution in [-0.4, -0.2) is 22.5 Å². The van der Waals surface area contributed by atoms with E-state index >= 15 is 0 Å². The van der Waals surface area contributed by atoms with Crippen LogP contribution in [0.1, 0.15) is 45.6 Å². The fourth-order valence-electron chi connectivity index (χ4n) is 1.86. The van der Waals surface area contributed by atoms with Crippen molar-refractivity contribution in [2.45, 2.75) is 51.0 Å². The molecule has 3 heteroatoms. The van der Waals surface area contributed by atoms with E-state index in [1.165, 1.54) is 5.56 Å². The van der Waals surface area contributed by atoms with Crippen LogP contribution in [0.15, 0.2) is 29.2 Å². The summed E-state index contributed by atoms with van der Waals surface area (Å²) in [6.07, 6.45) is 0.951. The molecule has 0 aromatic heterocycles. The van der Waals surface area contributed by atoms with Crippen molar-refractivity contribution >= 4 is 10.8 Å². The van der Waals surface area contributed by atoms with Crippen LogP contribution >= 0.6 is 0 Å². The van der Waals surface area contributed by atoms with E-state index in [0.29, 0.717) is 12.0 Å². The Labute approximate surface area is 114 Å². The second kappa shape index (κ2) is 7.70. The lowest BCUT2D eigenvalue weighted by Crippen LogP contribution is -2.27. The number of hydrogen-bond donors (Lipinski definition) is 1. The molecule has 0 saturated carbocycles. The summed E-state index contributed by atoms with van der Waals surface area (Å²) in [5.74, 6) is 1.26. The predicted octanol–water partition coefficient (Wildman–Crippen LogP) is 3.31. The van der Waals surface area contributed by atoms with Crippen LogP contribution in [0.3, 0.4) is 0 Å². The highest BCUT2D eigenvalue weighted by Crippen LogP contribution is 2.17. The van der Waals surface area contributed by atoms with E-state index in [0.717, 1.165) is 23.6 Å². The first-order valence-electron chi connectivity index (χ1n) is 6.76. The Morgan fingerprint density at radius 2 is 1.78 bits per heavy atom. The lowest BCUT2D eigenvalue weighted by Gasteiger charge is -2.12. The highest BCUT2D eigenvalue weighted by molar-refractivity contribution is 7.85. The van der Waals surface area contributed by atoms with Crippen LogP contribution in [-0.2, 0) is 10.8 Å². The first-order valence-corrected chi connectivity index (χ1v) is 8.08. The summed E-state index contributed by atoms with van der Waals surface area (Å²) in [5, 5.41) is 3.34. The van der Waals surface area contributed by atoms with Gasteiger partial charge in [-0.05, 0) is 43.5 Å². The van der Waals surface area contributed by atoms with Crippen LogP contribution in [0.5, 0.6) is 0 Å². The number of nitrogens with one attached hydrogen (secondary N) is 1. The summed E-state index contributed by atoms with van der Waals surface area (Å²) in [6, 6.07) is 8.62. The van der Waals surface area contributed by atoms with Gasteiger partial charge in [0, 0.05) is 16.7 Å². The smallest absolute Gasteiger partial charge is 0.0530 e. The predicted molar refractivity (Wildman–Crippen MR) is 79.6 cm³/mol. The quantitative estimate of drug-likeness (QED) is 0.821. The highest BCUT2D eigenvalue weighted by Gasteiger charge is 2.07. The molecule has 0 fully saturated rings. The summed E-state index contributed by atoms with van der Waals surface area (Å²) in [5.41, 5.74) is 1.30. The first-order chi connectivity index (χ1) is 8.54. The molecule has 0 amide bonds. The van der Waals surface area contributed by atoms with Gasteiger partial charge in [0.25, 0.3) is 0 Å². The summed E-state index contributed by atoms with van der Waals surface area (Å²) < 4.78 is 12.1. The van der Waals surface area contributed by atoms with E-state index in [-0.39, 0.29) is 0 Å². The van der Waals surface area contributed by atoms with E-state index in [1.807, 2.05) is 12.1 Å². The van der Waals surface area contributed by atoms with Gasteiger partial charge in [-0.15, -0.1) is 0 Å². The van der Waals surface area contributed by atoms with Crippen molar-refractivity contribution in [3.05, 3.63) is 29.8 Å². The van der Waals surface area contributed by atoms with Gasteiger partial charge >= 0.3 is 0 Å². The normalized spacial score (nSPS) is 14.7. The number of hydrogen-bond acceptors (Lipinski definition) is 2. The average Bonchev–Trinajstić information content (AvgIpc) is 2.36. The molecule has 0 aliphatic carbocycles. The largest absolute Gasteiger partial charge is 0.315 e. The van der Waals surface area contributed by atoms with Crippen LogP contribution in [0.2, 0.25) is 0 Å². The van der Waals surface area contributed by atoms with E-state index in [9.17, 15) is 4.21 Å². The third-order valence-electron chi connectivity index (χ3n) is 3.10. The Morgan fingerprint density at radius 1 is 1.17 bits per heavy atom. The molecule has 1 aromatic rings. The van der Waals surface area contributed by atoms with Crippen molar-refractivity contribution in [3.63, 3.8) is 0 Å². The lowest BCUT2D eigenvalue weighted by atomic mass is 10.0. The Morgan fingerprint density at radius 3 is 2.28 bits per heavy atom. The molecule has 102 valence electrons. The maximum Gasteiger partial charge on any atom is 0.0530 e. The van der Waals surface area contributed by atoms with Crippen LogP contribution in [0, 0.1) is 0 Å². The van der Waals surface area contributed by atoms with Crippen molar-refractivity contribution < 1.29 is 4.21 Å². The molecule has 0 aliphatic rings. The molecule has 0 spiro atoms. The fourth-order valence-corrected chi connectivity index (χ4v) is 3.10. The zero-order valence-corrected chi connectivity index (χ0v) is 12.7. The topological polar surface area (TPSA) is 29.1 Å². The third-order valence-corrected chi connectivity index (χ3v) is 4.50. The Kier molecular flexibility index (Phi) is 6.58. The third kappa shape index (κ3) is 4.91. The number of rotatable bonds is 7. The van der Waals surface area contributed by atoms with Crippen molar-refractivity contribution in [2.75, 3.05) is 12.3 Å². The summed E-state index contributed by atoms with van der Waals surface area (Å²) >= 11 is 0. The fraction of sp³-hybridized carbons (Fsp3) is 0.600. The Hall–Kier alpha value is -0.670. The van der Waals surface area contributed by atoms with Crippen LogP contribution in [0.25, 0.3) is 0 Å². The average molecular weight is 267 g/mol. The first kappa shape index (κ1) is 15.4. The van der Waals surface area contributed by atoms with E-state index in [4.69, 9.17) is 0 Å². The molecular formula is C15H25NOS. The van der Waals surface area contributed by atoms with Crippen molar-refractivity contribution in [1.82, 2.24) is 5.32 Å². The summed E-state index contributed by atoms with van der Waals surface area (Å²) in [6.45, 7) is 9.55. The van der Waals surface area contributed by atoms with Gasteiger partial charge in [-0.2, -0.15) is 0 Å². The van der Waals surface area contributed by atoms with Gasteiger partial charge in [0.05, 0.1) is 10.8 Å². The second-order valence-electron chi connectivity index (χ2n) is 5.02. The molecule has 0 saturated heterocycles. The minimum Gasteiger partial charge on any atom is -0.315 e. The van der Waals surface area contributed by atoms with Gasteiger partial charge in [-0.1, -0.05) is 32.9 Å². The monoisotopic (exact) mass is 267 g/mol. The standard InChI is InChI=1S/C15H25NOS/c1-5-16-13(4)10-11-18(17)15-8-6-14(7-9-15)12(2)3/h6-9,12-13,16H,5,10-11H2,1-4H3. The lowest BCUT2D eigenvalue weighted by molar-refractivity contribution is 0.553. The molecule has 0 heterocycles. The molecular weight excluding hydrogens is 242 g/mol. The molecule has 2 unspecified atom stereocenters.